The van der Waals surface area contributed by atoms with Crippen LogP contribution in [0.1, 0.15) is 38.5 Å². The predicted octanol–water partition coefficient (Wildman–Crippen LogP) is 6.05. The number of benzene rings is 3. The number of halogens is 2. The Balaban J connectivity index is 0.00000480. The van der Waals surface area contributed by atoms with Crippen molar-refractivity contribution in [2.75, 3.05) is 24.4 Å². The quantitative estimate of drug-likeness (QED) is 0.0859. The van der Waals surface area contributed by atoms with E-state index in [1.165, 1.54) is 49.7 Å². The monoisotopic (exact) mass is 643 g/mol. The van der Waals surface area contributed by atoms with Gasteiger partial charge in [-0.3, -0.25) is 19.4 Å². The van der Waals surface area contributed by atoms with Crippen LogP contribution in [0.4, 0.5) is 20.2 Å². The Bertz CT molecular complexity index is 1730. The number of carboxylic acids is 1. The summed E-state index contributed by atoms with van der Waals surface area (Å²) in [5, 5.41) is 14.6. The number of anilines is 2. The third-order valence-electron chi connectivity index (χ3n) is 7.41. The molecule has 0 radical (unpaired) electrons. The molecule has 5 rings (SSSR count). The molecule has 0 atom stereocenters. The zero-order valence-corrected chi connectivity index (χ0v) is 24.4. The molecule has 1 heterocycles. The molecule has 1 aliphatic rings. The van der Waals surface area contributed by atoms with E-state index in [0.29, 0.717) is 72.5 Å². The molecule has 2 amide bonds. The van der Waals surface area contributed by atoms with E-state index in [-0.39, 0.29) is 47.4 Å². The van der Waals surface area contributed by atoms with Crippen molar-refractivity contribution < 1.29 is 42.5 Å². The second-order valence-electron chi connectivity index (χ2n) is 10.6. The normalized spacial score (nSPS) is 12.8. The summed E-state index contributed by atoms with van der Waals surface area (Å²) in [6.07, 6.45) is 4.23. The van der Waals surface area contributed by atoms with E-state index in [1.807, 2.05) is 0 Å². The average Bonchev–Trinajstić information content (AvgIpc) is 3.83. The molecule has 0 bridgehead atoms. The molecule has 0 saturated heterocycles. The number of hydrogen-bond donors (Lipinski definition) is 3. The molecule has 13 heteroatoms. The maximum atomic E-state index is 15.2. The number of methoxy groups -OCH3 is 1. The summed E-state index contributed by atoms with van der Waals surface area (Å²) >= 11 is 0. The summed E-state index contributed by atoms with van der Waals surface area (Å²) in [6.45, 7) is 0.367. The van der Waals surface area contributed by atoms with Crippen LogP contribution in [0.5, 0.6) is 23.0 Å². The first-order valence-electron chi connectivity index (χ1n) is 14.4. The number of carbonyl (C=O) groups excluding carboxylic acids is 2. The topological polar surface area (TPSA) is 136 Å². The van der Waals surface area contributed by atoms with Gasteiger partial charge in [0.25, 0.3) is 0 Å². The molecule has 10 nitrogen and oxygen atoms in total. The standard InChI is InChI=1S/C33H31F2N3O7.Na.H/c1-43-28-18-23-25(19-29(28)44-16-4-2-3-5-30(39)40)36-15-12-26(23)45-27-11-10-22(17-24(27)35)38-32(42)33(13-14-33)31(41)37-21-8-6-20(34)7-9-21;;/h6-12,15,17-19H,2-5,13-14,16H2,1H3,(H,37,41)(H,38,42)(H,39,40);;. The number of nitrogens with one attached hydrogen (secondary N) is 2. The summed E-state index contributed by atoms with van der Waals surface area (Å²) in [6, 6.07) is 14.1. The molecular formula is C33H32F2N3NaO7. The molecule has 3 aromatic carbocycles. The van der Waals surface area contributed by atoms with Crippen LogP contribution in [0.15, 0.2) is 66.9 Å². The Hall–Kier alpha value is -4.26. The zero-order chi connectivity index (χ0) is 32.0. The fourth-order valence-corrected chi connectivity index (χ4v) is 4.72. The first-order valence-corrected chi connectivity index (χ1v) is 14.4. The van der Waals surface area contributed by atoms with Crippen molar-refractivity contribution >= 4 is 69.6 Å². The number of carbonyl (C=O) groups is 3. The number of aliphatic carboxylic acids is 1. The minimum absolute atomic E-state index is 0. The van der Waals surface area contributed by atoms with Crippen LogP contribution in [0.3, 0.4) is 0 Å². The molecule has 3 N–H and O–H groups in total. The molecule has 0 aliphatic heterocycles. The van der Waals surface area contributed by atoms with E-state index in [1.54, 1.807) is 18.2 Å². The molecule has 1 fully saturated rings. The van der Waals surface area contributed by atoms with Crippen LogP contribution in [0.2, 0.25) is 0 Å². The van der Waals surface area contributed by atoms with Crippen LogP contribution < -0.4 is 24.8 Å². The summed E-state index contributed by atoms with van der Waals surface area (Å²) in [5.74, 6) is -2.02. The predicted molar refractivity (Wildman–Crippen MR) is 169 cm³/mol. The summed E-state index contributed by atoms with van der Waals surface area (Å²) in [7, 11) is 1.49. The second kappa shape index (κ2) is 15.4. The molecule has 46 heavy (non-hydrogen) atoms. The first kappa shape index (κ1) is 34.6. The van der Waals surface area contributed by atoms with Crippen molar-refractivity contribution in [3.8, 4) is 23.0 Å². The van der Waals surface area contributed by atoms with Gasteiger partial charge in [-0.25, -0.2) is 8.78 Å². The molecule has 4 aromatic rings. The van der Waals surface area contributed by atoms with Gasteiger partial charge in [0, 0.05) is 41.5 Å². The van der Waals surface area contributed by atoms with Gasteiger partial charge in [0.15, 0.2) is 23.1 Å². The second-order valence-corrected chi connectivity index (χ2v) is 10.6. The Morgan fingerprint density at radius 1 is 0.848 bits per heavy atom. The van der Waals surface area contributed by atoms with E-state index in [9.17, 15) is 18.8 Å². The zero-order valence-electron chi connectivity index (χ0n) is 24.4. The van der Waals surface area contributed by atoms with Crippen LogP contribution in [-0.2, 0) is 14.4 Å². The Morgan fingerprint density at radius 3 is 2.20 bits per heavy atom. The molecule has 236 valence electrons. The van der Waals surface area contributed by atoms with E-state index < -0.39 is 34.8 Å². The maximum absolute atomic E-state index is 15.2. The van der Waals surface area contributed by atoms with Crippen LogP contribution in [0.25, 0.3) is 10.9 Å². The van der Waals surface area contributed by atoms with Gasteiger partial charge in [0.05, 0.1) is 19.2 Å². The number of hydrogen-bond acceptors (Lipinski definition) is 7. The minimum atomic E-state index is -1.29. The number of rotatable bonds is 14. The van der Waals surface area contributed by atoms with Crippen molar-refractivity contribution in [2.24, 2.45) is 5.41 Å². The number of ether oxygens (including phenoxy) is 3. The number of unbranched alkanes of at least 4 members (excludes halogenated alkanes) is 2. The molecule has 1 aliphatic carbocycles. The van der Waals surface area contributed by atoms with Gasteiger partial charge >= 0.3 is 35.5 Å². The molecule has 1 saturated carbocycles. The third-order valence-corrected chi connectivity index (χ3v) is 7.41. The Labute approximate surface area is 285 Å². The van der Waals surface area contributed by atoms with Gasteiger partial charge in [-0.1, -0.05) is 0 Å². The molecule has 1 aromatic heterocycles. The molecular weight excluding hydrogens is 611 g/mol. The van der Waals surface area contributed by atoms with Crippen molar-refractivity contribution in [3.63, 3.8) is 0 Å². The summed E-state index contributed by atoms with van der Waals surface area (Å²) < 4.78 is 45.6. The first-order chi connectivity index (χ1) is 21.7. The number of aromatic nitrogens is 1. The van der Waals surface area contributed by atoms with Crippen molar-refractivity contribution in [2.45, 2.75) is 38.5 Å². The fraction of sp³-hybridized carbons (Fsp3) is 0.273. The van der Waals surface area contributed by atoms with Gasteiger partial charge in [0.1, 0.15) is 17.0 Å². The van der Waals surface area contributed by atoms with Gasteiger partial charge in [-0.05, 0) is 80.6 Å². The number of amides is 2. The Morgan fingerprint density at radius 2 is 1.54 bits per heavy atom. The van der Waals surface area contributed by atoms with Gasteiger partial charge in [-0.15, -0.1) is 0 Å². The van der Waals surface area contributed by atoms with Crippen LogP contribution in [-0.4, -0.2) is 71.1 Å². The third kappa shape index (κ3) is 8.31. The number of fused-ring (bicyclic) bond motifs is 1. The van der Waals surface area contributed by atoms with Crippen LogP contribution in [0, 0.1) is 17.0 Å². The van der Waals surface area contributed by atoms with E-state index in [2.05, 4.69) is 15.6 Å². The van der Waals surface area contributed by atoms with Crippen LogP contribution >= 0.6 is 0 Å². The van der Waals surface area contributed by atoms with E-state index in [0.717, 1.165) is 6.07 Å². The fourth-order valence-electron chi connectivity index (χ4n) is 4.72. The van der Waals surface area contributed by atoms with Crippen molar-refractivity contribution in [3.05, 3.63) is 78.5 Å². The van der Waals surface area contributed by atoms with Gasteiger partial charge < -0.3 is 30.0 Å². The van der Waals surface area contributed by atoms with Crippen molar-refractivity contribution in [1.82, 2.24) is 4.98 Å². The van der Waals surface area contributed by atoms with Gasteiger partial charge in [-0.2, -0.15) is 0 Å². The summed E-state index contributed by atoms with van der Waals surface area (Å²) in [4.78, 5) is 40.9. The summed E-state index contributed by atoms with van der Waals surface area (Å²) in [5.41, 5.74) is -0.260. The van der Waals surface area contributed by atoms with E-state index in [4.69, 9.17) is 19.3 Å². The molecule has 0 unspecified atom stereocenters. The molecule has 0 spiro atoms. The number of carboxylic acid groups (broad SMARTS) is 1. The number of pyridine rings is 1. The number of nitrogens with zero attached hydrogens (tertiary/aromatic N) is 1. The van der Waals surface area contributed by atoms with Crippen molar-refractivity contribution in [1.29, 1.82) is 0 Å². The SMILES string of the molecule is COc1cc2c(Oc3ccc(NC(=O)C4(C(=O)Nc5ccc(F)cc5)CC4)cc3F)ccnc2cc1OCCCCCC(=O)O.[NaH]. The average molecular weight is 644 g/mol. The van der Waals surface area contributed by atoms with Gasteiger partial charge in [0.2, 0.25) is 11.8 Å². The van der Waals surface area contributed by atoms with E-state index >= 15 is 4.39 Å². The Kier molecular flexibility index (Phi) is 11.5.